The van der Waals surface area contributed by atoms with Gasteiger partial charge < -0.3 is 10.4 Å². The summed E-state index contributed by atoms with van der Waals surface area (Å²) < 4.78 is 0. The van der Waals surface area contributed by atoms with E-state index in [2.05, 4.69) is 5.32 Å². The molecule has 1 aliphatic carbocycles. The van der Waals surface area contributed by atoms with Crippen molar-refractivity contribution in [3.05, 3.63) is 33.8 Å². The lowest BCUT2D eigenvalue weighted by atomic mass is 9.74. The van der Waals surface area contributed by atoms with Crippen molar-refractivity contribution in [3.8, 4) is 0 Å². The summed E-state index contributed by atoms with van der Waals surface area (Å²) >= 11 is 11.9. The van der Waals surface area contributed by atoms with Crippen molar-refractivity contribution < 1.29 is 9.90 Å². The van der Waals surface area contributed by atoms with E-state index in [-0.39, 0.29) is 17.9 Å². The molecule has 0 radical (unpaired) electrons. The van der Waals surface area contributed by atoms with Gasteiger partial charge in [0, 0.05) is 17.0 Å². The Balaban J connectivity index is 2.02. The predicted molar refractivity (Wildman–Crippen MR) is 81.4 cm³/mol. The predicted octanol–water partition coefficient (Wildman–Crippen LogP) is 3.67. The third-order valence-corrected chi connectivity index (χ3v) is 4.61. The molecular weight excluding hydrogens is 297 g/mol. The SMILES string of the molecule is O=C(NCC1(CO)CCCCC1)c1cc(Cl)ccc1Cl. The van der Waals surface area contributed by atoms with Crippen LogP contribution in [-0.2, 0) is 0 Å². The first kappa shape index (κ1) is 15.6. The minimum atomic E-state index is -0.240. The van der Waals surface area contributed by atoms with Crippen LogP contribution in [0, 0.1) is 5.41 Å². The molecule has 1 aromatic rings. The molecule has 0 heterocycles. The fraction of sp³-hybridized carbons (Fsp3) is 0.533. The molecule has 2 rings (SSSR count). The highest BCUT2D eigenvalue weighted by Crippen LogP contribution is 2.35. The van der Waals surface area contributed by atoms with Gasteiger partial charge in [-0.15, -0.1) is 0 Å². The van der Waals surface area contributed by atoms with Gasteiger partial charge in [0.1, 0.15) is 0 Å². The molecule has 0 aromatic heterocycles. The van der Waals surface area contributed by atoms with Crippen LogP contribution in [0.5, 0.6) is 0 Å². The molecule has 20 heavy (non-hydrogen) atoms. The first-order chi connectivity index (χ1) is 9.56. The number of halogens is 2. The Kier molecular flexibility index (Phi) is 5.30. The Morgan fingerprint density at radius 3 is 2.60 bits per heavy atom. The van der Waals surface area contributed by atoms with Gasteiger partial charge in [0.2, 0.25) is 0 Å². The fourth-order valence-corrected chi connectivity index (χ4v) is 3.10. The summed E-state index contributed by atoms with van der Waals surface area (Å²) in [6, 6.07) is 4.82. The minimum absolute atomic E-state index is 0.108. The van der Waals surface area contributed by atoms with Gasteiger partial charge in [-0.2, -0.15) is 0 Å². The number of hydrogen-bond donors (Lipinski definition) is 2. The molecule has 1 fully saturated rings. The average molecular weight is 316 g/mol. The first-order valence-corrected chi connectivity index (χ1v) is 7.66. The van der Waals surface area contributed by atoms with E-state index in [1.165, 1.54) is 6.42 Å². The second-order valence-corrected chi connectivity index (χ2v) is 6.37. The van der Waals surface area contributed by atoms with Crippen LogP contribution in [0.1, 0.15) is 42.5 Å². The molecule has 0 spiro atoms. The second-order valence-electron chi connectivity index (χ2n) is 5.53. The molecule has 0 bridgehead atoms. The van der Waals surface area contributed by atoms with Crippen molar-refractivity contribution in [2.75, 3.05) is 13.2 Å². The number of nitrogens with one attached hydrogen (secondary N) is 1. The lowest BCUT2D eigenvalue weighted by Gasteiger charge is -2.35. The van der Waals surface area contributed by atoms with E-state index in [0.717, 1.165) is 25.7 Å². The van der Waals surface area contributed by atoms with Crippen molar-refractivity contribution in [1.82, 2.24) is 5.32 Å². The van der Waals surface area contributed by atoms with Crippen molar-refractivity contribution in [2.24, 2.45) is 5.41 Å². The highest BCUT2D eigenvalue weighted by Gasteiger charge is 2.31. The summed E-state index contributed by atoms with van der Waals surface area (Å²) in [7, 11) is 0. The highest BCUT2D eigenvalue weighted by molar-refractivity contribution is 6.35. The molecule has 0 aliphatic heterocycles. The van der Waals surface area contributed by atoms with Gasteiger partial charge in [0.15, 0.2) is 0 Å². The van der Waals surface area contributed by atoms with Crippen molar-refractivity contribution >= 4 is 29.1 Å². The smallest absolute Gasteiger partial charge is 0.252 e. The Labute approximate surface area is 129 Å². The van der Waals surface area contributed by atoms with Crippen LogP contribution in [0.2, 0.25) is 10.0 Å². The minimum Gasteiger partial charge on any atom is -0.396 e. The van der Waals surface area contributed by atoms with Crippen LogP contribution in [0.15, 0.2) is 18.2 Å². The molecule has 3 nitrogen and oxygen atoms in total. The van der Waals surface area contributed by atoms with Crippen molar-refractivity contribution in [1.29, 1.82) is 0 Å². The molecule has 0 unspecified atom stereocenters. The van der Waals surface area contributed by atoms with Crippen LogP contribution in [-0.4, -0.2) is 24.2 Å². The van der Waals surface area contributed by atoms with E-state index in [9.17, 15) is 9.90 Å². The van der Waals surface area contributed by atoms with E-state index < -0.39 is 0 Å². The Hall–Kier alpha value is -0.770. The van der Waals surface area contributed by atoms with Crippen LogP contribution in [0.25, 0.3) is 0 Å². The third-order valence-electron chi connectivity index (χ3n) is 4.05. The normalized spacial score (nSPS) is 17.8. The molecule has 0 saturated heterocycles. The van der Waals surface area contributed by atoms with Gasteiger partial charge in [-0.25, -0.2) is 0 Å². The highest BCUT2D eigenvalue weighted by atomic mass is 35.5. The molecule has 1 saturated carbocycles. The average Bonchev–Trinajstić information content (AvgIpc) is 2.48. The largest absolute Gasteiger partial charge is 0.396 e. The van der Waals surface area contributed by atoms with Crippen LogP contribution in [0.4, 0.5) is 0 Å². The fourth-order valence-electron chi connectivity index (χ4n) is 2.73. The number of hydrogen-bond acceptors (Lipinski definition) is 2. The van der Waals surface area contributed by atoms with Gasteiger partial charge >= 0.3 is 0 Å². The lowest BCUT2D eigenvalue weighted by molar-refractivity contribution is 0.0718. The van der Waals surface area contributed by atoms with Crippen LogP contribution >= 0.6 is 23.2 Å². The van der Waals surface area contributed by atoms with Gasteiger partial charge in [-0.3, -0.25) is 4.79 Å². The van der Waals surface area contributed by atoms with Gasteiger partial charge in [0.25, 0.3) is 5.91 Å². The monoisotopic (exact) mass is 315 g/mol. The van der Waals surface area contributed by atoms with E-state index >= 15 is 0 Å². The topological polar surface area (TPSA) is 49.3 Å². The molecule has 1 amide bonds. The zero-order valence-electron chi connectivity index (χ0n) is 11.3. The molecular formula is C15H19Cl2NO2. The molecule has 0 atom stereocenters. The van der Waals surface area contributed by atoms with Crippen LogP contribution < -0.4 is 5.32 Å². The number of aliphatic hydroxyl groups excluding tert-OH is 1. The number of benzene rings is 1. The maximum atomic E-state index is 12.2. The maximum absolute atomic E-state index is 12.2. The van der Waals surface area contributed by atoms with E-state index in [4.69, 9.17) is 23.2 Å². The summed E-state index contributed by atoms with van der Waals surface area (Å²) in [5, 5.41) is 13.4. The van der Waals surface area contributed by atoms with E-state index in [1.807, 2.05) is 0 Å². The number of rotatable bonds is 4. The molecule has 1 aromatic carbocycles. The van der Waals surface area contributed by atoms with Gasteiger partial charge in [-0.1, -0.05) is 42.5 Å². The molecule has 5 heteroatoms. The maximum Gasteiger partial charge on any atom is 0.252 e. The quantitative estimate of drug-likeness (QED) is 0.890. The number of carbonyl (C=O) groups excluding carboxylic acids is 1. The molecule has 2 N–H and O–H groups in total. The Morgan fingerprint density at radius 2 is 1.95 bits per heavy atom. The summed E-state index contributed by atoms with van der Waals surface area (Å²) in [5.74, 6) is -0.240. The lowest BCUT2D eigenvalue weighted by Crippen LogP contribution is -2.41. The van der Waals surface area contributed by atoms with Gasteiger partial charge in [-0.05, 0) is 31.0 Å². The van der Waals surface area contributed by atoms with Gasteiger partial charge in [0.05, 0.1) is 17.2 Å². The van der Waals surface area contributed by atoms with E-state index in [0.29, 0.717) is 22.2 Å². The Morgan fingerprint density at radius 1 is 1.25 bits per heavy atom. The second kappa shape index (κ2) is 6.79. The van der Waals surface area contributed by atoms with Crippen LogP contribution in [0.3, 0.4) is 0 Å². The summed E-state index contributed by atoms with van der Waals surface area (Å²) in [6.07, 6.45) is 5.32. The number of carbonyl (C=O) groups is 1. The number of aliphatic hydroxyl groups is 1. The third kappa shape index (κ3) is 3.66. The zero-order chi connectivity index (χ0) is 14.6. The summed E-state index contributed by atoms with van der Waals surface area (Å²) in [4.78, 5) is 12.2. The molecule has 1 aliphatic rings. The summed E-state index contributed by atoms with van der Waals surface area (Å²) in [5.41, 5.74) is 0.196. The standard InChI is InChI=1S/C15H19Cl2NO2/c16-11-4-5-13(17)12(8-11)14(20)18-9-15(10-19)6-2-1-3-7-15/h4-5,8,19H,1-3,6-7,9-10H2,(H,18,20). The first-order valence-electron chi connectivity index (χ1n) is 6.90. The number of amides is 1. The van der Waals surface area contributed by atoms with Crippen molar-refractivity contribution in [3.63, 3.8) is 0 Å². The van der Waals surface area contributed by atoms with Crippen molar-refractivity contribution in [2.45, 2.75) is 32.1 Å². The summed E-state index contributed by atoms with van der Waals surface area (Å²) in [6.45, 7) is 0.585. The van der Waals surface area contributed by atoms with E-state index in [1.54, 1.807) is 18.2 Å². The Bertz CT molecular complexity index is 485. The zero-order valence-corrected chi connectivity index (χ0v) is 12.8. The molecule has 110 valence electrons.